The summed E-state index contributed by atoms with van der Waals surface area (Å²) in [4.78, 5) is 11.7. The quantitative estimate of drug-likeness (QED) is 0.598. The first kappa shape index (κ1) is 15.9. The molecule has 0 fully saturated rings. The molecule has 0 radical (unpaired) electrons. The molecule has 1 aromatic heterocycles. The minimum atomic E-state index is -0.357. The molecule has 0 saturated heterocycles. The molecule has 2 aromatic rings. The van der Waals surface area contributed by atoms with Crippen LogP contribution in [0.25, 0.3) is 0 Å². The normalized spacial score (nSPS) is 12.3. The number of hydrogen-bond acceptors (Lipinski definition) is 4. The standard InChI is InChI=1S/C15H17ClN2O2S/c1-2-14(11-4-3-5-12(10-11)18(19)20)17-9-8-13-6-7-15(16)21-13/h3-7,10,14,17H,2,8-9H2,1H3. The first-order valence-corrected chi connectivity index (χ1v) is 8.01. The average Bonchev–Trinajstić information content (AvgIpc) is 2.89. The highest BCUT2D eigenvalue weighted by Gasteiger charge is 2.13. The fraction of sp³-hybridized carbons (Fsp3) is 0.333. The molecule has 0 saturated carbocycles. The molecule has 1 heterocycles. The van der Waals surface area contributed by atoms with Crippen LogP contribution in [0.15, 0.2) is 36.4 Å². The van der Waals surface area contributed by atoms with Gasteiger partial charge in [0.2, 0.25) is 0 Å². The smallest absolute Gasteiger partial charge is 0.269 e. The van der Waals surface area contributed by atoms with E-state index in [0.717, 1.165) is 29.3 Å². The van der Waals surface area contributed by atoms with Crippen LogP contribution in [0.5, 0.6) is 0 Å². The maximum atomic E-state index is 10.8. The molecule has 2 rings (SSSR count). The van der Waals surface area contributed by atoms with Gasteiger partial charge in [-0.3, -0.25) is 10.1 Å². The van der Waals surface area contributed by atoms with Crippen molar-refractivity contribution in [2.24, 2.45) is 0 Å². The molecule has 0 aliphatic heterocycles. The first-order valence-electron chi connectivity index (χ1n) is 6.82. The lowest BCUT2D eigenvalue weighted by Gasteiger charge is -2.17. The number of thiophene rings is 1. The van der Waals surface area contributed by atoms with Crippen LogP contribution in [-0.4, -0.2) is 11.5 Å². The summed E-state index contributed by atoms with van der Waals surface area (Å²) in [5.74, 6) is 0. The van der Waals surface area contributed by atoms with E-state index in [1.807, 2.05) is 18.2 Å². The van der Waals surface area contributed by atoms with E-state index in [4.69, 9.17) is 11.6 Å². The van der Waals surface area contributed by atoms with Crippen LogP contribution in [0.2, 0.25) is 4.34 Å². The third kappa shape index (κ3) is 4.52. The number of nitrogens with zero attached hydrogens (tertiary/aromatic N) is 1. The molecular weight excluding hydrogens is 308 g/mol. The maximum absolute atomic E-state index is 10.8. The molecule has 21 heavy (non-hydrogen) atoms. The number of non-ortho nitro benzene ring substituents is 1. The van der Waals surface area contributed by atoms with Crippen molar-refractivity contribution in [3.63, 3.8) is 0 Å². The Bertz CT molecular complexity index is 615. The van der Waals surface area contributed by atoms with Gasteiger partial charge in [-0.25, -0.2) is 0 Å². The lowest BCUT2D eigenvalue weighted by atomic mass is 10.0. The van der Waals surface area contributed by atoms with Crippen LogP contribution in [0, 0.1) is 10.1 Å². The van der Waals surface area contributed by atoms with Gasteiger partial charge in [-0.2, -0.15) is 0 Å². The number of hydrogen-bond donors (Lipinski definition) is 1. The van der Waals surface area contributed by atoms with Crippen LogP contribution < -0.4 is 5.32 Å². The average molecular weight is 325 g/mol. The number of benzene rings is 1. The van der Waals surface area contributed by atoms with Gasteiger partial charge in [0.25, 0.3) is 5.69 Å². The topological polar surface area (TPSA) is 55.2 Å². The van der Waals surface area contributed by atoms with Crippen LogP contribution in [-0.2, 0) is 6.42 Å². The van der Waals surface area contributed by atoms with Gasteiger partial charge in [-0.05, 0) is 30.5 Å². The largest absolute Gasteiger partial charge is 0.310 e. The Morgan fingerprint density at radius 1 is 1.38 bits per heavy atom. The summed E-state index contributed by atoms with van der Waals surface area (Å²) in [5, 5.41) is 14.3. The molecule has 1 N–H and O–H groups in total. The fourth-order valence-corrected chi connectivity index (χ4v) is 3.30. The van der Waals surface area contributed by atoms with E-state index in [0.29, 0.717) is 0 Å². The van der Waals surface area contributed by atoms with Crippen molar-refractivity contribution in [1.29, 1.82) is 0 Å². The number of rotatable bonds is 7. The van der Waals surface area contributed by atoms with E-state index in [1.165, 1.54) is 10.9 Å². The van der Waals surface area contributed by atoms with Crippen LogP contribution >= 0.6 is 22.9 Å². The highest BCUT2D eigenvalue weighted by Crippen LogP contribution is 2.23. The minimum Gasteiger partial charge on any atom is -0.310 e. The van der Waals surface area contributed by atoms with Crippen molar-refractivity contribution in [3.8, 4) is 0 Å². The Morgan fingerprint density at radius 3 is 2.81 bits per heavy atom. The third-order valence-corrected chi connectivity index (χ3v) is 4.57. The molecule has 1 atom stereocenters. The number of halogens is 1. The summed E-state index contributed by atoms with van der Waals surface area (Å²) in [5.41, 5.74) is 1.09. The summed E-state index contributed by atoms with van der Waals surface area (Å²) in [6, 6.07) is 10.9. The molecule has 0 bridgehead atoms. The van der Waals surface area contributed by atoms with Gasteiger partial charge in [-0.1, -0.05) is 30.7 Å². The Labute approximate surface area is 132 Å². The summed E-state index contributed by atoms with van der Waals surface area (Å²) < 4.78 is 0.802. The second kappa shape index (κ2) is 7.54. The Hall–Kier alpha value is -1.43. The summed E-state index contributed by atoms with van der Waals surface area (Å²) in [7, 11) is 0. The van der Waals surface area contributed by atoms with Gasteiger partial charge in [0.1, 0.15) is 0 Å². The summed E-state index contributed by atoms with van der Waals surface area (Å²) in [6.07, 6.45) is 1.79. The lowest BCUT2D eigenvalue weighted by Crippen LogP contribution is -2.23. The van der Waals surface area contributed by atoms with Gasteiger partial charge >= 0.3 is 0 Å². The fourth-order valence-electron chi connectivity index (χ4n) is 2.21. The molecule has 112 valence electrons. The number of nitro benzene ring substituents is 1. The second-order valence-electron chi connectivity index (χ2n) is 4.72. The van der Waals surface area contributed by atoms with Crippen molar-refractivity contribution in [2.75, 3.05) is 6.54 Å². The molecule has 0 aliphatic carbocycles. The zero-order chi connectivity index (χ0) is 15.2. The molecule has 0 aliphatic rings. The summed E-state index contributed by atoms with van der Waals surface area (Å²) in [6.45, 7) is 2.89. The van der Waals surface area contributed by atoms with Gasteiger partial charge in [0, 0.05) is 29.6 Å². The predicted octanol–water partition coefficient (Wildman–Crippen LogP) is 4.59. The van der Waals surface area contributed by atoms with Crippen molar-refractivity contribution < 1.29 is 4.92 Å². The van der Waals surface area contributed by atoms with Crippen LogP contribution in [0.1, 0.15) is 29.8 Å². The zero-order valence-corrected chi connectivity index (χ0v) is 13.3. The SMILES string of the molecule is CCC(NCCc1ccc(Cl)s1)c1cccc([N+](=O)[O-])c1. The number of nitro groups is 1. The van der Waals surface area contributed by atoms with Gasteiger partial charge in [0.15, 0.2) is 0 Å². The Kier molecular flexibility index (Phi) is 5.73. The lowest BCUT2D eigenvalue weighted by molar-refractivity contribution is -0.384. The van der Waals surface area contributed by atoms with E-state index in [2.05, 4.69) is 12.2 Å². The molecule has 6 heteroatoms. The number of nitrogens with one attached hydrogen (secondary N) is 1. The van der Waals surface area contributed by atoms with E-state index in [9.17, 15) is 10.1 Å². The molecule has 1 unspecified atom stereocenters. The van der Waals surface area contributed by atoms with Crippen molar-refractivity contribution in [2.45, 2.75) is 25.8 Å². The van der Waals surface area contributed by atoms with Gasteiger partial charge < -0.3 is 5.32 Å². The molecule has 1 aromatic carbocycles. The Balaban J connectivity index is 1.96. The second-order valence-corrected chi connectivity index (χ2v) is 6.52. The monoisotopic (exact) mass is 324 g/mol. The van der Waals surface area contributed by atoms with E-state index >= 15 is 0 Å². The van der Waals surface area contributed by atoms with Crippen LogP contribution in [0.4, 0.5) is 5.69 Å². The van der Waals surface area contributed by atoms with E-state index < -0.39 is 0 Å². The third-order valence-electron chi connectivity index (χ3n) is 3.28. The Morgan fingerprint density at radius 2 is 2.19 bits per heavy atom. The van der Waals surface area contributed by atoms with Crippen LogP contribution in [0.3, 0.4) is 0 Å². The highest BCUT2D eigenvalue weighted by atomic mass is 35.5. The molecule has 0 amide bonds. The van der Waals surface area contributed by atoms with Crippen molar-refractivity contribution in [1.82, 2.24) is 5.32 Å². The summed E-state index contributed by atoms with van der Waals surface area (Å²) >= 11 is 7.49. The van der Waals surface area contributed by atoms with Crippen molar-refractivity contribution >= 4 is 28.6 Å². The molecule has 0 spiro atoms. The first-order chi connectivity index (χ1) is 10.1. The molecule has 4 nitrogen and oxygen atoms in total. The zero-order valence-electron chi connectivity index (χ0n) is 11.7. The minimum absolute atomic E-state index is 0.125. The highest BCUT2D eigenvalue weighted by molar-refractivity contribution is 7.16. The van der Waals surface area contributed by atoms with E-state index in [1.54, 1.807) is 23.5 Å². The van der Waals surface area contributed by atoms with Crippen molar-refractivity contribution in [3.05, 3.63) is 61.3 Å². The molecular formula is C15H17ClN2O2S. The van der Waals surface area contributed by atoms with E-state index in [-0.39, 0.29) is 16.7 Å². The van der Waals surface area contributed by atoms with Gasteiger partial charge in [-0.15, -0.1) is 11.3 Å². The predicted molar refractivity (Wildman–Crippen MR) is 87.2 cm³/mol. The van der Waals surface area contributed by atoms with Gasteiger partial charge in [0.05, 0.1) is 9.26 Å². The maximum Gasteiger partial charge on any atom is 0.269 e.